The van der Waals surface area contributed by atoms with Crippen molar-refractivity contribution < 1.29 is 8.78 Å². The molecule has 14 heavy (non-hydrogen) atoms. The van der Waals surface area contributed by atoms with Crippen LogP contribution >= 0.6 is 11.5 Å². The summed E-state index contributed by atoms with van der Waals surface area (Å²) in [5, 5.41) is 1.82. The fourth-order valence-corrected chi connectivity index (χ4v) is 1.64. The van der Waals surface area contributed by atoms with Crippen molar-refractivity contribution >= 4 is 11.5 Å². The highest BCUT2D eigenvalue weighted by Crippen LogP contribution is 2.13. The molecule has 1 aromatic heterocycles. The summed E-state index contributed by atoms with van der Waals surface area (Å²) < 4.78 is 29.7. The van der Waals surface area contributed by atoms with Gasteiger partial charge < -0.3 is 5.73 Å². The number of hydrogen-bond donors (Lipinski definition) is 1. The van der Waals surface area contributed by atoms with Crippen LogP contribution in [0.25, 0.3) is 0 Å². The van der Waals surface area contributed by atoms with E-state index in [0.29, 0.717) is 6.54 Å². The molecule has 2 N–H and O–H groups in total. The van der Waals surface area contributed by atoms with Crippen molar-refractivity contribution in [3.05, 3.63) is 17.1 Å². The molecule has 0 saturated carbocycles. The summed E-state index contributed by atoms with van der Waals surface area (Å²) in [5.41, 5.74) is 5.75. The van der Waals surface area contributed by atoms with E-state index in [2.05, 4.69) is 4.37 Å². The molecule has 0 bridgehead atoms. The van der Waals surface area contributed by atoms with Crippen LogP contribution in [-0.4, -0.2) is 35.3 Å². The maximum absolute atomic E-state index is 12.8. The molecule has 1 heterocycles. The summed E-state index contributed by atoms with van der Waals surface area (Å²) in [5.74, 6) is -2.81. The van der Waals surface area contributed by atoms with Gasteiger partial charge in [-0.1, -0.05) is 0 Å². The third-order valence-corrected chi connectivity index (χ3v) is 2.32. The summed E-state index contributed by atoms with van der Waals surface area (Å²) in [7, 11) is 1.63. The average Bonchev–Trinajstić information content (AvgIpc) is 2.55. The van der Waals surface area contributed by atoms with Crippen molar-refractivity contribution in [2.45, 2.75) is 12.5 Å². The van der Waals surface area contributed by atoms with Gasteiger partial charge in [0, 0.05) is 11.9 Å². The SMILES string of the molecule is CN(Cc1ccsn1)CC(F)(F)CN. The molecule has 0 aromatic carbocycles. The number of aromatic nitrogens is 1. The number of alkyl halides is 2. The molecule has 0 unspecified atom stereocenters. The molecule has 0 spiro atoms. The van der Waals surface area contributed by atoms with Crippen molar-refractivity contribution in [1.29, 1.82) is 0 Å². The first kappa shape index (κ1) is 11.5. The highest BCUT2D eigenvalue weighted by Gasteiger charge is 2.28. The first-order valence-electron chi connectivity index (χ1n) is 4.19. The van der Waals surface area contributed by atoms with E-state index in [1.807, 2.05) is 11.4 Å². The van der Waals surface area contributed by atoms with Crippen molar-refractivity contribution in [3.8, 4) is 0 Å². The van der Waals surface area contributed by atoms with Crippen molar-refractivity contribution in [2.75, 3.05) is 20.1 Å². The van der Waals surface area contributed by atoms with E-state index in [9.17, 15) is 8.78 Å². The normalized spacial score (nSPS) is 12.4. The van der Waals surface area contributed by atoms with Crippen molar-refractivity contribution in [1.82, 2.24) is 9.27 Å². The van der Waals surface area contributed by atoms with Gasteiger partial charge in [-0.25, -0.2) is 8.78 Å². The lowest BCUT2D eigenvalue weighted by molar-refractivity contribution is -0.0193. The van der Waals surface area contributed by atoms with Gasteiger partial charge in [0.1, 0.15) is 0 Å². The summed E-state index contributed by atoms with van der Waals surface area (Å²) in [6, 6.07) is 1.82. The van der Waals surface area contributed by atoms with Crippen molar-refractivity contribution in [3.63, 3.8) is 0 Å². The Labute approximate surface area is 85.7 Å². The topological polar surface area (TPSA) is 42.2 Å². The monoisotopic (exact) mass is 221 g/mol. The van der Waals surface area contributed by atoms with E-state index < -0.39 is 12.5 Å². The van der Waals surface area contributed by atoms with Crippen LogP contribution in [-0.2, 0) is 6.54 Å². The fourth-order valence-electron chi connectivity index (χ4n) is 1.11. The van der Waals surface area contributed by atoms with Gasteiger partial charge in [0.15, 0.2) is 0 Å². The van der Waals surface area contributed by atoms with Crippen LogP contribution in [0.2, 0.25) is 0 Å². The molecule has 0 atom stereocenters. The molecular formula is C8H13F2N3S. The Morgan fingerprint density at radius 1 is 1.64 bits per heavy atom. The summed E-state index contributed by atoms with van der Waals surface area (Å²) in [6.07, 6.45) is 0. The quantitative estimate of drug-likeness (QED) is 0.811. The van der Waals surface area contributed by atoms with Crippen LogP contribution in [0.4, 0.5) is 8.78 Å². The van der Waals surface area contributed by atoms with Crippen LogP contribution < -0.4 is 5.73 Å². The molecule has 1 rings (SSSR count). The van der Waals surface area contributed by atoms with Crippen LogP contribution in [0, 0.1) is 0 Å². The largest absolute Gasteiger partial charge is 0.325 e. The predicted molar refractivity (Wildman–Crippen MR) is 52.4 cm³/mol. The second kappa shape index (κ2) is 4.77. The molecule has 0 aliphatic heterocycles. The average molecular weight is 221 g/mol. The minimum Gasteiger partial charge on any atom is -0.325 e. The zero-order valence-electron chi connectivity index (χ0n) is 7.91. The predicted octanol–water partition coefficient (Wildman–Crippen LogP) is 1.17. The van der Waals surface area contributed by atoms with Gasteiger partial charge in [-0.15, -0.1) is 0 Å². The van der Waals surface area contributed by atoms with Gasteiger partial charge in [-0.2, -0.15) is 4.37 Å². The Morgan fingerprint density at radius 2 is 2.36 bits per heavy atom. The van der Waals surface area contributed by atoms with Gasteiger partial charge in [-0.05, 0) is 24.6 Å². The number of nitrogens with two attached hydrogens (primary N) is 1. The van der Waals surface area contributed by atoms with Crippen LogP contribution in [0.1, 0.15) is 5.69 Å². The fraction of sp³-hybridized carbons (Fsp3) is 0.625. The third-order valence-electron chi connectivity index (χ3n) is 1.72. The lowest BCUT2D eigenvalue weighted by atomic mass is 10.3. The van der Waals surface area contributed by atoms with Gasteiger partial charge in [0.2, 0.25) is 0 Å². The highest BCUT2D eigenvalue weighted by atomic mass is 32.1. The summed E-state index contributed by atoms with van der Waals surface area (Å²) in [6.45, 7) is -0.519. The van der Waals surface area contributed by atoms with Crippen LogP contribution in [0.5, 0.6) is 0 Å². The second-order valence-corrected chi connectivity index (χ2v) is 3.89. The molecule has 0 fully saturated rings. The maximum Gasteiger partial charge on any atom is 0.272 e. The van der Waals surface area contributed by atoms with Gasteiger partial charge >= 0.3 is 0 Å². The zero-order valence-corrected chi connectivity index (χ0v) is 8.73. The number of rotatable bonds is 5. The van der Waals surface area contributed by atoms with Gasteiger partial charge in [0.25, 0.3) is 5.92 Å². The molecule has 0 amide bonds. The molecule has 0 saturated heterocycles. The van der Waals surface area contributed by atoms with E-state index >= 15 is 0 Å². The third kappa shape index (κ3) is 3.65. The summed E-state index contributed by atoms with van der Waals surface area (Å²) in [4.78, 5) is 1.52. The Morgan fingerprint density at radius 3 is 2.86 bits per heavy atom. The lowest BCUT2D eigenvalue weighted by Gasteiger charge is -2.21. The molecule has 3 nitrogen and oxygen atoms in total. The van der Waals surface area contributed by atoms with E-state index in [1.165, 1.54) is 16.4 Å². The van der Waals surface area contributed by atoms with E-state index in [1.54, 1.807) is 7.05 Å². The van der Waals surface area contributed by atoms with E-state index in [-0.39, 0.29) is 6.54 Å². The minimum absolute atomic E-state index is 0.332. The molecular weight excluding hydrogens is 208 g/mol. The van der Waals surface area contributed by atoms with Gasteiger partial charge in [0.05, 0.1) is 18.8 Å². The smallest absolute Gasteiger partial charge is 0.272 e. The molecule has 0 aliphatic rings. The number of hydrogen-bond acceptors (Lipinski definition) is 4. The first-order chi connectivity index (χ1) is 6.53. The molecule has 1 aromatic rings. The van der Waals surface area contributed by atoms with Crippen LogP contribution in [0.15, 0.2) is 11.4 Å². The molecule has 0 radical (unpaired) electrons. The Hall–Kier alpha value is -0.590. The maximum atomic E-state index is 12.8. The zero-order chi connectivity index (χ0) is 10.6. The number of halogens is 2. The highest BCUT2D eigenvalue weighted by molar-refractivity contribution is 7.03. The van der Waals surface area contributed by atoms with E-state index in [0.717, 1.165) is 5.69 Å². The summed E-state index contributed by atoms with van der Waals surface area (Å²) >= 11 is 1.32. The number of nitrogens with zero attached hydrogens (tertiary/aromatic N) is 2. The second-order valence-electron chi connectivity index (χ2n) is 3.22. The standard InChI is InChI=1S/C8H13F2N3S/c1-13(6-8(9,10)5-11)4-7-2-3-14-12-7/h2-3H,4-6,11H2,1H3. The Balaban J connectivity index is 2.40. The van der Waals surface area contributed by atoms with Gasteiger partial charge in [-0.3, -0.25) is 4.90 Å². The Bertz CT molecular complexity index is 264. The van der Waals surface area contributed by atoms with E-state index in [4.69, 9.17) is 5.73 Å². The molecule has 0 aliphatic carbocycles. The first-order valence-corrected chi connectivity index (χ1v) is 5.03. The molecule has 80 valence electrons. The van der Waals surface area contributed by atoms with Crippen molar-refractivity contribution in [2.24, 2.45) is 5.73 Å². The minimum atomic E-state index is -2.81. The molecule has 6 heteroatoms. The van der Waals surface area contributed by atoms with Crippen LogP contribution in [0.3, 0.4) is 0 Å². The lowest BCUT2D eigenvalue weighted by Crippen LogP contribution is -2.39. The Kier molecular flexibility index (Phi) is 3.91.